The van der Waals surface area contributed by atoms with Gasteiger partial charge in [0, 0.05) is 35.1 Å². The third-order valence-corrected chi connectivity index (χ3v) is 4.75. The van der Waals surface area contributed by atoms with E-state index >= 15 is 0 Å². The van der Waals surface area contributed by atoms with Crippen LogP contribution in [0.5, 0.6) is 0 Å². The van der Waals surface area contributed by atoms with Gasteiger partial charge >= 0.3 is 0 Å². The monoisotopic (exact) mass is 273 g/mol. The molecule has 4 heteroatoms. The number of thioether (sulfide) groups is 1. The van der Waals surface area contributed by atoms with E-state index in [9.17, 15) is 0 Å². The molecule has 100 valence electrons. The molecule has 19 heavy (non-hydrogen) atoms. The second-order valence-electron chi connectivity index (χ2n) is 5.09. The Morgan fingerprint density at radius 3 is 3.11 bits per heavy atom. The SMILES string of the molecule is CC(Cn1cccn1)NCC1Cc2ccccc2S1. The molecule has 2 unspecified atom stereocenters. The van der Waals surface area contributed by atoms with Gasteiger partial charge in [-0.15, -0.1) is 11.8 Å². The normalized spacial score (nSPS) is 19.3. The van der Waals surface area contributed by atoms with E-state index in [1.54, 1.807) is 0 Å². The quantitative estimate of drug-likeness (QED) is 0.908. The van der Waals surface area contributed by atoms with Crippen LogP contribution >= 0.6 is 11.8 Å². The molecule has 0 spiro atoms. The Morgan fingerprint density at radius 1 is 1.42 bits per heavy atom. The molecule has 3 rings (SSSR count). The third kappa shape index (κ3) is 3.19. The fourth-order valence-electron chi connectivity index (χ4n) is 2.45. The van der Waals surface area contributed by atoms with Crippen LogP contribution in [0.2, 0.25) is 0 Å². The summed E-state index contributed by atoms with van der Waals surface area (Å²) in [5.74, 6) is 0. The van der Waals surface area contributed by atoms with E-state index in [4.69, 9.17) is 0 Å². The van der Waals surface area contributed by atoms with Gasteiger partial charge in [-0.3, -0.25) is 4.68 Å². The van der Waals surface area contributed by atoms with E-state index in [0.717, 1.165) is 13.1 Å². The van der Waals surface area contributed by atoms with Crippen molar-refractivity contribution in [3.63, 3.8) is 0 Å². The van der Waals surface area contributed by atoms with E-state index < -0.39 is 0 Å². The van der Waals surface area contributed by atoms with Crippen molar-refractivity contribution in [2.45, 2.75) is 36.1 Å². The van der Waals surface area contributed by atoms with Crippen LogP contribution in [0.3, 0.4) is 0 Å². The van der Waals surface area contributed by atoms with Gasteiger partial charge in [-0.2, -0.15) is 5.10 Å². The summed E-state index contributed by atoms with van der Waals surface area (Å²) in [6.07, 6.45) is 5.02. The number of rotatable bonds is 5. The molecule has 0 bridgehead atoms. The van der Waals surface area contributed by atoms with Gasteiger partial charge in [0.15, 0.2) is 0 Å². The van der Waals surface area contributed by atoms with Gasteiger partial charge in [-0.1, -0.05) is 18.2 Å². The van der Waals surface area contributed by atoms with E-state index in [1.165, 1.54) is 16.9 Å². The van der Waals surface area contributed by atoms with Crippen LogP contribution in [-0.4, -0.2) is 27.6 Å². The first-order valence-corrected chi connectivity index (χ1v) is 7.64. The van der Waals surface area contributed by atoms with Crippen molar-refractivity contribution < 1.29 is 0 Å². The molecule has 2 atom stereocenters. The lowest BCUT2D eigenvalue weighted by molar-refractivity contribution is 0.451. The lowest BCUT2D eigenvalue weighted by Gasteiger charge is -2.16. The van der Waals surface area contributed by atoms with Gasteiger partial charge < -0.3 is 5.32 Å². The predicted molar refractivity (Wildman–Crippen MR) is 79.5 cm³/mol. The second-order valence-corrected chi connectivity index (χ2v) is 6.43. The Kier molecular flexibility index (Phi) is 3.89. The summed E-state index contributed by atoms with van der Waals surface area (Å²) < 4.78 is 1.98. The Balaban J connectivity index is 1.46. The van der Waals surface area contributed by atoms with Gasteiger partial charge in [0.25, 0.3) is 0 Å². The number of hydrogen-bond acceptors (Lipinski definition) is 3. The van der Waals surface area contributed by atoms with Gasteiger partial charge in [0.05, 0.1) is 6.54 Å². The molecule has 1 N–H and O–H groups in total. The summed E-state index contributed by atoms with van der Waals surface area (Å²) in [6, 6.07) is 11.2. The Morgan fingerprint density at radius 2 is 2.32 bits per heavy atom. The van der Waals surface area contributed by atoms with Crippen LogP contribution in [-0.2, 0) is 13.0 Å². The zero-order chi connectivity index (χ0) is 13.1. The minimum Gasteiger partial charge on any atom is -0.311 e. The minimum atomic E-state index is 0.448. The summed E-state index contributed by atoms with van der Waals surface area (Å²) in [5.41, 5.74) is 1.50. The molecule has 3 nitrogen and oxygen atoms in total. The average molecular weight is 273 g/mol. The molecule has 0 saturated heterocycles. The van der Waals surface area contributed by atoms with Crippen molar-refractivity contribution in [1.82, 2.24) is 15.1 Å². The number of fused-ring (bicyclic) bond motifs is 1. The third-order valence-electron chi connectivity index (χ3n) is 3.43. The highest BCUT2D eigenvalue weighted by Gasteiger charge is 2.21. The van der Waals surface area contributed by atoms with E-state index in [1.807, 2.05) is 34.9 Å². The summed E-state index contributed by atoms with van der Waals surface area (Å²) in [6.45, 7) is 4.20. The molecular formula is C15H19N3S. The summed E-state index contributed by atoms with van der Waals surface area (Å²) in [7, 11) is 0. The first kappa shape index (κ1) is 12.8. The fourth-order valence-corrected chi connectivity index (χ4v) is 3.72. The zero-order valence-electron chi connectivity index (χ0n) is 11.1. The van der Waals surface area contributed by atoms with Gasteiger partial charge in [-0.05, 0) is 31.0 Å². The van der Waals surface area contributed by atoms with Crippen molar-refractivity contribution in [3.8, 4) is 0 Å². The van der Waals surface area contributed by atoms with Crippen molar-refractivity contribution >= 4 is 11.8 Å². The largest absolute Gasteiger partial charge is 0.311 e. The highest BCUT2D eigenvalue weighted by molar-refractivity contribution is 8.00. The molecule has 1 aliphatic heterocycles. The Labute approximate surface area is 118 Å². The average Bonchev–Trinajstić information content (AvgIpc) is 3.04. The van der Waals surface area contributed by atoms with Crippen molar-refractivity contribution in [3.05, 3.63) is 48.3 Å². The van der Waals surface area contributed by atoms with Crippen LogP contribution < -0.4 is 5.32 Å². The molecule has 0 fully saturated rings. The van der Waals surface area contributed by atoms with E-state index in [2.05, 4.69) is 41.6 Å². The summed E-state index contributed by atoms with van der Waals surface area (Å²) in [5, 5.41) is 8.52. The van der Waals surface area contributed by atoms with Crippen molar-refractivity contribution in [1.29, 1.82) is 0 Å². The van der Waals surface area contributed by atoms with E-state index in [-0.39, 0.29) is 0 Å². The summed E-state index contributed by atoms with van der Waals surface area (Å²) in [4.78, 5) is 1.45. The first-order valence-electron chi connectivity index (χ1n) is 6.76. The number of benzene rings is 1. The maximum atomic E-state index is 4.24. The zero-order valence-corrected chi connectivity index (χ0v) is 11.9. The number of nitrogens with zero attached hydrogens (tertiary/aromatic N) is 2. The maximum Gasteiger partial charge on any atom is 0.0559 e. The number of aromatic nitrogens is 2. The van der Waals surface area contributed by atoms with E-state index in [0.29, 0.717) is 11.3 Å². The Bertz CT molecular complexity index is 499. The highest BCUT2D eigenvalue weighted by atomic mass is 32.2. The molecule has 1 aliphatic rings. The second kappa shape index (κ2) is 5.80. The molecule has 1 aromatic heterocycles. The molecule has 0 aliphatic carbocycles. The van der Waals surface area contributed by atoms with Crippen LogP contribution in [0.1, 0.15) is 12.5 Å². The first-order chi connectivity index (χ1) is 9.31. The Hall–Kier alpha value is -1.26. The van der Waals surface area contributed by atoms with Gasteiger partial charge in [0.2, 0.25) is 0 Å². The molecular weight excluding hydrogens is 254 g/mol. The molecule has 2 heterocycles. The van der Waals surface area contributed by atoms with Crippen LogP contribution in [0.15, 0.2) is 47.6 Å². The van der Waals surface area contributed by atoms with Crippen LogP contribution in [0, 0.1) is 0 Å². The van der Waals surface area contributed by atoms with Gasteiger partial charge in [-0.25, -0.2) is 0 Å². The fraction of sp³-hybridized carbons (Fsp3) is 0.400. The minimum absolute atomic E-state index is 0.448. The molecule has 1 aromatic carbocycles. The predicted octanol–water partition coefficient (Wildman–Crippen LogP) is 2.58. The lowest BCUT2D eigenvalue weighted by Crippen LogP contribution is -2.35. The van der Waals surface area contributed by atoms with Crippen molar-refractivity contribution in [2.75, 3.05) is 6.54 Å². The summed E-state index contributed by atoms with van der Waals surface area (Å²) >= 11 is 2.00. The highest BCUT2D eigenvalue weighted by Crippen LogP contribution is 2.36. The molecule has 0 saturated carbocycles. The molecule has 0 radical (unpaired) electrons. The molecule has 0 amide bonds. The number of hydrogen-bond donors (Lipinski definition) is 1. The van der Waals surface area contributed by atoms with Crippen molar-refractivity contribution in [2.24, 2.45) is 0 Å². The number of nitrogens with one attached hydrogen (secondary N) is 1. The topological polar surface area (TPSA) is 29.9 Å². The smallest absolute Gasteiger partial charge is 0.0559 e. The molecule has 2 aromatic rings. The van der Waals surface area contributed by atoms with Crippen LogP contribution in [0.4, 0.5) is 0 Å². The maximum absolute atomic E-state index is 4.24. The lowest BCUT2D eigenvalue weighted by atomic mass is 10.1. The van der Waals surface area contributed by atoms with Crippen LogP contribution in [0.25, 0.3) is 0 Å². The standard InChI is InChI=1S/C15H19N3S/c1-12(11-18-8-4-7-17-18)16-10-14-9-13-5-2-3-6-15(13)19-14/h2-8,12,14,16H,9-11H2,1H3. The van der Waals surface area contributed by atoms with Gasteiger partial charge in [0.1, 0.15) is 0 Å².